The fraction of sp³-hybridized carbons (Fsp3) is 0.278. The van der Waals surface area contributed by atoms with E-state index in [4.69, 9.17) is 4.74 Å². The van der Waals surface area contributed by atoms with Gasteiger partial charge in [-0.05, 0) is 52.7 Å². The van der Waals surface area contributed by atoms with Crippen LogP contribution in [0.3, 0.4) is 0 Å². The van der Waals surface area contributed by atoms with Gasteiger partial charge in [-0.25, -0.2) is 8.42 Å². The number of rotatable bonds is 4. The van der Waals surface area contributed by atoms with Crippen LogP contribution in [0.2, 0.25) is 0 Å². The van der Waals surface area contributed by atoms with E-state index in [1.165, 1.54) is 16.4 Å². The van der Waals surface area contributed by atoms with E-state index in [0.717, 1.165) is 4.47 Å². The number of nitrogens with zero attached hydrogens (tertiary/aromatic N) is 1. The third-order valence-electron chi connectivity index (χ3n) is 4.18. The number of ether oxygens (including phenoxy) is 1. The van der Waals surface area contributed by atoms with Crippen molar-refractivity contribution in [2.75, 3.05) is 31.6 Å². The molecule has 1 heterocycles. The molecular formula is C18H19BrN2O4S. The topological polar surface area (TPSA) is 75.7 Å². The first-order valence-electron chi connectivity index (χ1n) is 8.14. The maximum atomic E-state index is 12.8. The SMILES string of the molecule is Cc1ccc(S(=O)(=O)N2CCOCC2)cc1C(=O)Nc1ccccc1Br. The lowest BCUT2D eigenvalue weighted by atomic mass is 10.1. The Morgan fingerprint density at radius 3 is 2.54 bits per heavy atom. The average Bonchev–Trinajstić information content (AvgIpc) is 2.64. The molecule has 26 heavy (non-hydrogen) atoms. The molecule has 3 rings (SSSR count). The van der Waals surface area contributed by atoms with Gasteiger partial charge in [0.25, 0.3) is 5.91 Å². The van der Waals surface area contributed by atoms with Crippen molar-refractivity contribution in [2.24, 2.45) is 0 Å². The Hall–Kier alpha value is -1.74. The lowest BCUT2D eigenvalue weighted by Crippen LogP contribution is -2.40. The third kappa shape index (κ3) is 3.98. The van der Waals surface area contributed by atoms with Gasteiger partial charge >= 0.3 is 0 Å². The van der Waals surface area contributed by atoms with Crippen LogP contribution in [0.15, 0.2) is 51.8 Å². The van der Waals surface area contributed by atoms with Crippen molar-refractivity contribution in [1.29, 1.82) is 0 Å². The number of morpholine rings is 1. The minimum Gasteiger partial charge on any atom is -0.379 e. The minimum absolute atomic E-state index is 0.113. The van der Waals surface area contributed by atoms with Crippen molar-refractivity contribution in [1.82, 2.24) is 4.31 Å². The Kier molecular flexibility index (Phi) is 5.76. The highest BCUT2D eigenvalue weighted by Gasteiger charge is 2.27. The fourth-order valence-electron chi connectivity index (χ4n) is 2.69. The van der Waals surface area contributed by atoms with Gasteiger partial charge in [-0.3, -0.25) is 4.79 Å². The molecule has 0 unspecified atom stereocenters. The number of hydrogen-bond acceptors (Lipinski definition) is 4. The number of para-hydroxylation sites is 1. The van der Waals surface area contributed by atoms with E-state index in [9.17, 15) is 13.2 Å². The zero-order valence-corrected chi connectivity index (χ0v) is 16.6. The maximum absolute atomic E-state index is 12.8. The predicted octanol–water partition coefficient (Wildman–Crippen LogP) is 3.03. The van der Waals surface area contributed by atoms with Gasteiger partial charge in [0.2, 0.25) is 10.0 Å². The molecule has 1 N–H and O–H groups in total. The van der Waals surface area contributed by atoms with Gasteiger partial charge in [-0.2, -0.15) is 4.31 Å². The fourth-order valence-corrected chi connectivity index (χ4v) is 4.51. The summed E-state index contributed by atoms with van der Waals surface area (Å²) in [6.07, 6.45) is 0. The van der Waals surface area contributed by atoms with Gasteiger partial charge in [0.15, 0.2) is 0 Å². The van der Waals surface area contributed by atoms with Gasteiger partial charge in [-0.15, -0.1) is 0 Å². The molecular weight excluding hydrogens is 420 g/mol. The molecule has 1 aliphatic heterocycles. The first-order chi connectivity index (χ1) is 12.4. The summed E-state index contributed by atoms with van der Waals surface area (Å²) in [7, 11) is -3.65. The van der Waals surface area contributed by atoms with Crippen molar-refractivity contribution >= 4 is 37.5 Å². The predicted molar refractivity (Wildman–Crippen MR) is 103 cm³/mol. The number of carbonyl (C=O) groups is 1. The lowest BCUT2D eigenvalue weighted by molar-refractivity contribution is 0.0730. The monoisotopic (exact) mass is 438 g/mol. The second kappa shape index (κ2) is 7.87. The van der Waals surface area contributed by atoms with Crippen LogP contribution in [0.25, 0.3) is 0 Å². The largest absolute Gasteiger partial charge is 0.379 e. The van der Waals surface area contributed by atoms with E-state index in [0.29, 0.717) is 43.1 Å². The summed E-state index contributed by atoms with van der Waals surface area (Å²) in [5.74, 6) is -0.353. The van der Waals surface area contributed by atoms with Crippen molar-refractivity contribution < 1.29 is 17.9 Å². The van der Waals surface area contributed by atoms with Crippen LogP contribution in [-0.4, -0.2) is 44.9 Å². The Morgan fingerprint density at radius 2 is 1.85 bits per heavy atom. The van der Waals surface area contributed by atoms with Crippen LogP contribution < -0.4 is 5.32 Å². The summed E-state index contributed by atoms with van der Waals surface area (Å²) in [6.45, 7) is 3.16. The molecule has 0 bridgehead atoms. The zero-order valence-electron chi connectivity index (χ0n) is 14.2. The zero-order chi connectivity index (χ0) is 18.7. The van der Waals surface area contributed by atoms with Crippen molar-refractivity contribution in [3.63, 3.8) is 0 Å². The van der Waals surface area contributed by atoms with E-state index in [2.05, 4.69) is 21.2 Å². The molecule has 0 atom stereocenters. The summed E-state index contributed by atoms with van der Waals surface area (Å²) >= 11 is 3.39. The van der Waals surface area contributed by atoms with Crippen LogP contribution in [0.4, 0.5) is 5.69 Å². The van der Waals surface area contributed by atoms with Crippen molar-refractivity contribution in [2.45, 2.75) is 11.8 Å². The molecule has 2 aromatic rings. The second-order valence-electron chi connectivity index (χ2n) is 5.93. The number of amides is 1. The number of sulfonamides is 1. The van der Waals surface area contributed by atoms with E-state index < -0.39 is 10.0 Å². The first-order valence-corrected chi connectivity index (χ1v) is 10.4. The third-order valence-corrected chi connectivity index (χ3v) is 6.77. The van der Waals surface area contributed by atoms with Crippen LogP contribution in [0, 0.1) is 6.92 Å². The number of nitrogens with one attached hydrogen (secondary N) is 1. The van der Waals surface area contributed by atoms with E-state index >= 15 is 0 Å². The number of benzene rings is 2. The van der Waals surface area contributed by atoms with Gasteiger partial charge in [0, 0.05) is 23.1 Å². The van der Waals surface area contributed by atoms with Gasteiger partial charge in [0.1, 0.15) is 0 Å². The van der Waals surface area contributed by atoms with E-state index in [1.54, 1.807) is 19.1 Å². The van der Waals surface area contributed by atoms with Gasteiger partial charge in [0.05, 0.1) is 23.8 Å². The Bertz CT molecular complexity index is 925. The summed E-state index contributed by atoms with van der Waals surface area (Å²) in [5, 5.41) is 2.81. The molecule has 1 fully saturated rings. The lowest BCUT2D eigenvalue weighted by Gasteiger charge is -2.26. The molecule has 138 valence electrons. The highest BCUT2D eigenvalue weighted by atomic mass is 79.9. The second-order valence-corrected chi connectivity index (χ2v) is 8.72. The number of carbonyl (C=O) groups excluding carboxylic acids is 1. The Balaban J connectivity index is 1.90. The quantitative estimate of drug-likeness (QED) is 0.795. The molecule has 6 nitrogen and oxygen atoms in total. The first kappa shape index (κ1) is 19.0. The summed E-state index contributed by atoms with van der Waals surface area (Å²) in [6, 6.07) is 11.9. The highest BCUT2D eigenvalue weighted by molar-refractivity contribution is 9.10. The molecule has 0 saturated carbocycles. The Morgan fingerprint density at radius 1 is 1.15 bits per heavy atom. The summed E-state index contributed by atoms with van der Waals surface area (Å²) in [4.78, 5) is 12.8. The van der Waals surface area contributed by atoms with Crippen LogP contribution in [0.1, 0.15) is 15.9 Å². The smallest absolute Gasteiger partial charge is 0.256 e. The van der Waals surface area contributed by atoms with Crippen molar-refractivity contribution in [3.05, 3.63) is 58.1 Å². The van der Waals surface area contributed by atoms with E-state index in [-0.39, 0.29) is 10.8 Å². The maximum Gasteiger partial charge on any atom is 0.256 e. The number of hydrogen-bond donors (Lipinski definition) is 1. The van der Waals surface area contributed by atoms with E-state index in [1.807, 2.05) is 18.2 Å². The molecule has 1 saturated heterocycles. The summed E-state index contributed by atoms with van der Waals surface area (Å²) < 4.78 is 33.0. The summed E-state index contributed by atoms with van der Waals surface area (Å²) in [5.41, 5.74) is 1.66. The number of anilines is 1. The standard InChI is InChI=1S/C18H19BrN2O4S/c1-13-6-7-14(26(23,24)21-8-10-25-11-9-21)12-15(13)18(22)20-17-5-3-2-4-16(17)19/h2-7,12H,8-11H2,1H3,(H,20,22). The van der Waals surface area contributed by atoms with Gasteiger partial charge in [-0.1, -0.05) is 18.2 Å². The van der Waals surface area contributed by atoms with Crippen LogP contribution in [-0.2, 0) is 14.8 Å². The van der Waals surface area contributed by atoms with Gasteiger partial charge < -0.3 is 10.1 Å². The molecule has 1 aliphatic rings. The normalized spacial score (nSPS) is 15.6. The average molecular weight is 439 g/mol. The molecule has 1 amide bonds. The number of halogens is 1. The molecule has 0 radical (unpaired) electrons. The molecule has 8 heteroatoms. The molecule has 2 aromatic carbocycles. The highest BCUT2D eigenvalue weighted by Crippen LogP contribution is 2.24. The van der Waals surface area contributed by atoms with Crippen LogP contribution >= 0.6 is 15.9 Å². The number of aryl methyl sites for hydroxylation is 1. The molecule has 0 aromatic heterocycles. The molecule has 0 spiro atoms. The minimum atomic E-state index is -3.65. The van der Waals surface area contributed by atoms with Crippen molar-refractivity contribution in [3.8, 4) is 0 Å². The Labute approximate surface area is 161 Å². The van der Waals surface area contributed by atoms with Crippen LogP contribution in [0.5, 0.6) is 0 Å². The molecule has 0 aliphatic carbocycles.